The Morgan fingerprint density at radius 1 is 1.50 bits per heavy atom. The van der Waals surface area contributed by atoms with Gasteiger partial charge in [0.1, 0.15) is 0 Å². The summed E-state index contributed by atoms with van der Waals surface area (Å²) >= 11 is 0. The monoisotopic (exact) mass is 412 g/mol. The van der Waals surface area contributed by atoms with Crippen molar-refractivity contribution in [2.24, 2.45) is 16.6 Å². The van der Waals surface area contributed by atoms with Crippen LogP contribution in [0.3, 0.4) is 0 Å². The number of rotatable bonds is 6. The van der Waals surface area contributed by atoms with Crippen molar-refractivity contribution in [3.05, 3.63) is 45.7 Å². The first-order valence-corrected chi connectivity index (χ1v) is 9.93. The Morgan fingerprint density at radius 2 is 2.30 bits per heavy atom. The van der Waals surface area contributed by atoms with Gasteiger partial charge in [-0.3, -0.25) is 24.7 Å². The number of nitro groups is 1. The molecule has 3 unspecified atom stereocenters. The third-order valence-electron chi connectivity index (χ3n) is 5.42. The predicted octanol–water partition coefficient (Wildman–Crippen LogP) is 0.452. The molecule has 3 N–H and O–H groups in total. The van der Waals surface area contributed by atoms with E-state index in [0.29, 0.717) is 37.2 Å². The van der Waals surface area contributed by atoms with E-state index in [1.54, 1.807) is 17.1 Å². The van der Waals surface area contributed by atoms with Crippen LogP contribution in [0.25, 0.3) is 0 Å². The summed E-state index contributed by atoms with van der Waals surface area (Å²) in [5.74, 6) is -1.08. The first kappa shape index (κ1) is 21.4. The van der Waals surface area contributed by atoms with Crippen LogP contribution in [0.1, 0.15) is 25.7 Å². The van der Waals surface area contributed by atoms with Crippen molar-refractivity contribution in [3.63, 3.8) is 0 Å². The molecule has 0 aromatic heterocycles. The van der Waals surface area contributed by atoms with Crippen LogP contribution in [-0.2, 0) is 9.59 Å². The smallest absolute Gasteiger partial charge is 0.255 e. The minimum atomic E-state index is -1.20. The highest BCUT2D eigenvalue weighted by Crippen LogP contribution is 2.25. The topological polar surface area (TPSA) is 155 Å². The zero-order chi connectivity index (χ0) is 21.7. The van der Waals surface area contributed by atoms with Crippen molar-refractivity contribution in [1.82, 2.24) is 10.2 Å². The molecule has 1 fully saturated rings. The Balaban J connectivity index is 1.73. The minimum Gasteiger partial charge on any atom is -0.336 e. The van der Waals surface area contributed by atoms with Gasteiger partial charge in [0.2, 0.25) is 5.91 Å². The van der Waals surface area contributed by atoms with Crippen molar-refractivity contribution in [2.45, 2.75) is 37.8 Å². The second kappa shape index (κ2) is 9.45. The number of amides is 2. The van der Waals surface area contributed by atoms with Gasteiger partial charge in [-0.25, -0.2) is 0 Å². The van der Waals surface area contributed by atoms with Crippen molar-refractivity contribution in [3.8, 4) is 6.07 Å². The summed E-state index contributed by atoms with van der Waals surface area (Å²) in [6.45, 7) is 1.29. The largest absolute Gasteiger partial charge is 0.336 e. The maximum atomic E-state index is 12.7. The number of nitrogens with one attached hydrogen (secondary N) is 1. The molecule has 3 atom stereocenters. The molecule has 0 radical (unpaired) electrons. The van der Waals surface area contributed by atoms with E-state index in [1.807, 2.05) is 12.1 Å². The normalized spacial score (nSPS) is 27.5. The van der Waals surface area contributed by atoms with E-state index in [1.165, 1.54) is 6.08 Å². The lowest BCUT2D eigenvalue weighted by Gasteiger charge is -2.27. The second-order valence-electron chi connectivity index (χ2n) is 7.38. The van der Waals surface area contributed by atoms with E-state index in [4.69, 9.17) is 5.73 Å². The van der Waals surface area contributed by atoms with Crippen LogP contribution < -0.4 is 11.1 Å². The van der Waals surface area contributed by atoms with E-state index in [0.717, 1.165) is 6.42 Å². The lowest BCUT2D eigenvalue weighted by atomic mass is 9.88. The molecule has 0 aromatic carbocycles. The van der Waals surface area contributed by atoms with Crippen LogP contribution >= 0.6 is 0 Å². The highest BCUT2D eigenvalue weighted by Gasteiger charge is 2.37. The zero-order valence-electron chi connectivity index (χ0n) is 16.5. The van der Waals surface area contributed by atoms with Gasteiger partial charge in [-0.2, -0.15) is 5.26 Å². The quantitative estimate of drug-likeness (QED) is 0.477. The molecule has 3 aliphatic rings. The third-order valence-corrected chi connectivity index (χ3v) is 5.42. The van der Waals surface area contributed by atoms with Gasteiger partial charge in [-0.15, -0.1) is 0 Å². The lowest BCUT2D eigenvalue weighted by Crippen LogP contribution is -2.41. The van der Waals surface area contributed by atoms with Gasteiger partial charge in [-0.05, 0) is 18.9 Å². The number of aliphatic imine (C=N–C) groups is 1. The van der Waals surface area contributed by atoms with E-state index < -0.39 is 22.8 Å². The highest BCUT2D eigenvalue weighted by molar-refractivity contribution is 6.02. The fourth-order valence-electron chi connectivity index (χ4n) is 3.85. The van der Waals surface area contributed by atoms with Gasteiger partial charge < -0.3 is 16.0 Å². The maximum Gasteiger partial charge on any atom is 0.255 e. The van der Waals surface area contributed by atoms with Crippen LogP contribution in [-0.4, -0.2) is 59.1 Å². The number of nitrogens with two attached hydrogens (primary N) is 1. The summed E-state index contributed by atoms with van der Waals surface area (Å²) in [5, 5.41) is 23.4. The second-order valence-corrected chi connectivity index (χ2v) is 7.38. The molecule has 30 heavy (non-hydrogen) atoms. The number of nitriles is 1. The molecule has 158 valence electrons. The van der Waals surface area contributed by atoms with E-state index in [2.05, 4.69) is 10.3 Å². The van der Waals surface area contributed by atoms with Crippen molar-refractivity contribution in [1.29, 1.82) is 5.26 Å². The number of hydrogen-bond acceptors (Lipinski definition) is 7. The molecule has 2 amide bonds. The van der Waals surface area contributed by atoms with E-state index in [-0.39, 0.29) is 30.6 Å². The molecule has 10 nitrogen and oxygen atoms in total. The number of carbonyl (C=O) groups is 2. The van der Waals surface area contributed by atoms with Gasteiger partial charge in [-0.1, -0.05) is 18.2 Å². The number of likely N-dealkylation sites (tertiary alicyclic amines) is 1. The van der Waals surface area contributed by atoms with Crippen LogP contribution in [0, 0.1) is 27.4 Å². The van der Waals surface area contributed by atoms with Gasteiger partial charge in [0.15, 0.2) is 0 Å². The zero-order valence-corrected chi connectivity index (χ0v) is 16.5. The molecule has 1 saturated heterocycles. The summed E-state index contributed by atoms with van der Waals surface area (Å²) in [6, 6.07) is 0.770. The van der Waals surface area contributed by atoms with E-state index >= 15 is 0 Å². The van der Waals surface area contributed by atoms with Crippen molar-refractivity contribution in [2.75, 3.05) is 19.6 Å². The molecular weight excluding hydrogens is 388 g/mol. The fraction of sp³-hybridized carbons (Fsp3) is 0.500. The van der Waals surface area contributed by atoms with Crippen molar-refractivity contribution < 1.29 is 14.5 Å². The van der Waals surface area contributed by atoms with Crippen LogP contribution in [0.5, 0.6) is 0 Å². The highest BCUT2D eigenvalue weighted by atomic mass is 16.6. The molecule has 1 aliphatic heterocycles. The first-order valence-electron chi connectivity index (χ1n) is 9.93. The summed E-state index contributed by atoms with van der Waals surface area (Å²) in [5.41, 5.74) is 6.33. The van der Waals surface area contributed by atoms with Crippen LogP contribution in [0.2, 0.25) is 0 Å². The number of allylic oxidation sites excluding steroid dienone is 1. The molecule has 1 heterocycles. The Labute approximate surface area is 174 Å². The summed E-state index contributed by atoms with van der Waals surface area (Å²) in [4.78, 5) is 41.6. The molecule has 0 aromatic rings. The molecule has 0 saturated carbocycles. The van der Waals surface area contributed by atoms with Crippen molar-refractivity contribution >= 4 is 17.5 Å². The fourth-order valence-corrected chi connectivity index (χ4v) is 3.85. The van der Waals surface area contributed by atoms with E-state index in [9.17, 15) is 25.0 Å². The Kier molecular flexibility index (Phi) is 6.74. The first-order chi connectivity index (χ1) is 14.4. The molecular formula is C20H24N6O4. The van der Waals surface area contributed by atoms with Gasteiger partial charge >= 0.3 is 0 Å². The standard InChI is InChI=1S/C20H24N6O4/c21-7-8-23-16-11-17(18(26(29)30)10-14(16)12-22)24-20(28)13-3-5-15(6-4-13)25-9-1-2-19(25)27/h3-5,11,14-15,18H,1-2,6-10,21H2,(H,24,28). The third kappa shape index (κ3) is 4.63. The molecule has 10 heteroatoms. The summed E-state index contributed by atoms with van der Waals surface area (Å²) in [6.07, 6.45) is 8.45. The Hall–Kier alpha value is -3.32. The predicted molar refractivity (Wildman–Crippen MR) is 109 cm³/mol. The number of carbonyl (C=O) groups excluding carboxylic acids is 2. The number of hydrogen-bond donors (Lipinski definition) is 2. The van der Waals surface area contributed by atoms with Gasteiger partial charge in [0.25, 0.3) is 11.9 Å². The average Bonchev–Trinajstić information content (AvgIpc) is 3.17. The SMILES string of the molecule is N#CC1CC([N+](=O)[O-])C(NC(=O)C2=CCC(N3CCCC3=O)C=C2)=CC1=NCCN. The lowest BCUT2D eigenvalue weighted by molar-refractivity contribution is -0.514. The molecule has 0 bridgehead atoms. The maximum absolute atomic E-state index is 12.7. The van der Waals surface area contributed by atoms with Gasteiger partial charge in [0.05, 0.1) is 36.0 Å². The Bertz CT molecular complexity index is 897. The molecule has 2 aliphatic carbocycles. The molecule has 3 rings (SSSR count). The van der Waals surface area contributed by atoms with Gasteiger partial charge in [0, 0.05) is 36.4 Å². The number of nitrogens with zero attached hydrogens (tertiary/aromatic N) is 4. The summed E-state index contributed by atoms with van der Waals surface area (Å²) < 4.78 is 0. The summed E-state index contributed by atoms with van der Waals surface area (Å²) in [7, 11) is 0. The average molecular weight is 412 g/mol. The molecule has 0 spiro atoms. The minimum absolute atomic E-state index is 0.0624. The van der Waals surface area contributed by atoms with Crippen LogP contribution in [0.4, 0.5) is 0 Å². The van der Waals surface area contributed by atoms with Crippen LogP contribution in [0.15, 0.2) is 40.6 Å². The Morgan fingerprint density at radius 3 is 2.87 bits per heavy atom.